The van der Waals surface area contributed by atoms with Gasteiger partial charge in [-0.05, 0) is 32.9 Å². The molecule has 8 nitrogen and oxygen atoms in total. The molecule has 1 atom stereocenters. The molecule has 1 aliphatic heterocycles. The summed E-state index contributed by atoms with van der Waals surface area (Å²) in [5.41, 5.74) is 0. The van der Waals surface area contributed by atoms with Crippen LogP contribution in [0, 0.1) is 0 Å². The van der Waals surface area contributed by atoms with E-state index in [4.69, 9.17) is 4.42 Å². The van der Waals surface area contributed by atoms with Crippen molar-refractivity contribution in [3.63, 3.8) is 0 Å². The summed E-state index contributed by atoms with van der Waals surface area (Å²) in [6.45, 7) is 7.83. The number of hydrogen-bond acceptors (Lipinski definition) is 4. The van der Waals surface area contributed by atoms with E-state index in [0.717, 1.165) is 4.90 Å². The van der Waals surface area contributed by atoms with Gasteiger partial charge in [0.15, 0.2) is 11.8 Å². The summed E-state index contributed by atoms with van der Waals surface area (Å²) in [6.07, 6.45) is 1.48. The number of rotatable bonds is 4. The Labute approximate surface area is 141 Å². The van der Waals surface area contributed by atoms with Crippen LogP contribution in [-0.2, 0) is 4.79 Å². The Morgan fingerprint density at radius 2 is 1.88 bits per heavy atom. The number of carbonyl (C=O) groups excluding carboxylic acids is 3. The minimum absolute atomic E-state index is 0.0309. The summed E-state index contributed by atoms with van der Waals surface area (Å²) in [4.78, 5) is 38.7. The molecule has 2 heterocycles. The molecule has 0 radical (unpaired) electrons. The molecule has 8 heteroatoms. The molecule has 24 heavy (non-hydrogen) atoms. The molecule has 3 N–H and O–H groups in total. The second-order valence-corrected chi connectivity index (χ2v) is 6.27. The number of nitrogens with zero attached hydrogens (tertiary/aromatic N) is 1. The lowest BCUT2D eigenvalue weighted by Gasteiger charge is -2.34. The van der Waals surface area contributed by atoms with Crippen molar-refractivity contribution in [2.45, 2.75) is 32.9 Å². The van der Waals surface area contributed by atoms with E-state index in [1.165, 1.54) is 6.26 Å². The Kier molecular flexibility index (Phi) is 5.97. The van der Waals surface area contributed by atoms with Crippen LogP contribution in [0.15, 0.2) is 22.8 Å². The van der Waals surface area contributed by atoms with Gasteiger partial charge in [0.1, 0.15) is 0 Å². The van der Waals surface area contributed by atoms with Gasteiger partial charge in [-0.2, -0.15) is 0 Å². The molecule has 1 fully saturated rings. The van der Waals surface area contributed by atoms with Gasteiger partial charge in [-0.3, -0.25) is 14.9 Å². The van der Waals surface area contributed by atoms with Crippen LogP contribution in [-0.4, -0.2) is 61.0 Å². The smallest absolute Gasteiger partial charge is 0.321 e. The van der Waals surface area contributed by atoms with Gasteiger partial charge in [0.2, 0.25) is 0 Å². The zero-order valence-corrected chi connectivity index (χ0v) is 14.3. The molecule has 0 aliphatic carbocycles. The third-order valence-corrected chi connectivity index (χ3v) is 4.09. The first-order valence-electron chi connectivity index (χ1n) is 8.17. The van der Waals surface area contributed by atoms with E-state index >= 15 is 0 Å². The molecular weight excluding hydrogens is 312 g/mol. The number of carbonyl (C=O) groups is 3. The summed E-state index contributed by atoms with van der Waals surface area (Å²) in [7, 11) is 0. The molecular formula is C16H25N4O4+. The lowest BCUT2D eigenvalue weighted by atomic mass is 10.2. The summed E-state index contributed by atoms with van der Waals surface area (Å²) in [6, 6.07) is 2.46. The highest BCUT2D eigenvalue weighted by Gasteiger charge is 2.32. The fourth-order valence-corrected chi connectivity index (χ4v) is 2.69. The third-order valence-electron chi connectivity index (χ3n) is 4.09. The predicted octanol–water partition coefficient (Wildman–Crippen LogP) is -0.757. The normalized spacial score (nSPS) is 16.8. The van der Waals surface area contributed by atoms with Crippen LogP contribution in [0.3, 0.4) is 0 Å². The van der Waals surface area contributed by atoms with Gasteiger partial charge in [-0.25, -0.2) is 4.79 Å². The van der Waals surface area contributed by atoms with Crippen molar-refractivity contribution in [3.8, 4) is 0 Å². The topological polar surface area (TPSA) is 96.1 Å². The number of quaternary nitrogens is 1. The monoisotopic (exact) mass is 337 g/mol. The van der Waals surface area contributed by atoms with Gasteiger partial charge in [-0.15, -0.1) is 0 Å². The second kappa shape index (κ2) is 7.96. The maximum Gasteiger partial charge on any atom is 0.321 e. The van der Waals surface area contributed by atoms with Crippen LogP contribution < -0.4 is 15.5 Å². The molecule has 0 aromatic carbocycles. The first-order valence-corrected chi connectivity index (χ1v) is 8.17. The highest BCUT2D eigenvalue weighted by atomic mass is 16.3. The summed E-state index contributed by atoms with van der Waals surface area (Å²) >= 11 is 0. The van der Waals surface area contributed by atoms with Crippen molar-refractivity contribution < 1.29 is 23.7 Å². The van der Waals surface area contributed by atoms with Crippen LogP contribution in [0.4, 0.5) is 4.79 Å². The zero-order chi connectivity index (χ0) is 17.7. The summed E-state index contributed by atoms with van der Waals surface area (Å²) < 4.78 is 5.13. The Hall–Kier alpha value is -2.35. The Bertz CT molecular complexity index is 577. The molecule has 4 amide bonds. The molecule has 0 saturated carbocycles. The number of nitrogens with one attached hydrogen (secondary N) is 3. The Morgan fingerprint density at radius 3 is 2.42 bits per heavy atom. The zero-order valence-electron chi connectivity index (χ0n) is 14.3. The second-order valence-electron chi connectivity index (χ2n) is 6.27. The fraction of sp³-hybridized carbons (Fsp3) is 0.562. The van der Waals surface area contributed by atoms with Crippen molar-refractivity contribution in [2.24, 2.45) is 0 Å². The number of piperazine rings is 1. The van der Waals surface area contributed by atoms with E-state index in [0.29, 0.717) is 31.9 Å². The molecule has 2 rings (SSSR count). The molecule has 1 aliphatic rings. The number of hydrogen-bond donors (Lipinski definition) is 3. The highest BCUT2D eigenvalue weighted by Crippen LogP contribution is 2.05. The largest absolute Gasteiger partial charge is 0.459 e. The standard InChI is InChI=1S/C16H24N4O4/c1-11(2)17-16(23)18-14(21)12(3)19-6-8-20(9-7-19)15(22)13-5-4-10-24-13/h4-5,10-12H,6-9H2,1-3H3,(H2,17,18,21,23)/p+1/t12-/m0/s1. The first-order chi connectivity index (χ1) is 11.4. The summed E-state index contributed by atoms with van der Waals surface area (Å²) in [5, 5.41) is 4.98. The third kappa shape index (κ3) is 4.58. The van der Waals surface area contributed by atoms with Gasteiger partial charge >= 0.3 is 6.03 Å². The van der Waals surface area contributed by atoms with Crippen LogP contribution in [0.5, 0.6) is 0 Å². The quantitative estimate of drug-likeness (QED) is 0.673. The van der Waals surface area contributed by atoms with Crippen molar-refractivity contribution in [2.75, 3.05) is 26.2 Å². The van der Waals surface area contributed by atoms with E-state index in [1.54, 1.807) is 24.0 Å². The Balaban J connectivity index is 1.81. The van der Waals surface area contributed by atoms with Crippen LogP contribution in [0.25, 0.3) is 0 Å². The fourth-order valence-electron chi connectivity index (χ4n) is 2.69. The van der Waals surface area contributed by atoms with Gasteiger partial charge in [0, 0.05) is 6.04 Å². The van der Waals surface area contributed by atoms with Crippen molar-refractivity contribution >= 4 is 17.8 Å². The minimum Gasteiger partial charge on any atom is -0.459 e. The summed E-state index contributed by atoms with van der Waals surface area (Å²) in [5.74, 6) is -0.115. The number of imide groups is 1. The highest BCUT2D eigenvalue weighted by molar-refractivity contribution is 5.96. The molecule has 132 valence electrons. The van der Waals surface area contributed by atoms with E-state index in [2.05, 4.69) is 10.6 Å². The number of furan rings is 1. The van der Waals surface area contributed by atoms with E-state index in [1.807, 2.05) is 13.8 Å². The molecule has 1 aromatic heterocycles. The van der Waals surface area contributed by atoms with Crippen molar-refractivity contribution in [1.82, 2.24) is 15.5 Å². The molecule has 0 spiro atoms. The number of amides is 4. The van der Waals surface area contributed by atoms with Gasteiger partial charge < -0.3 is 19.5 Å². The lowest BCUT2D eigenvalue weighted by Crippen LogP contribution is -3.19. The Morgan fingerprint density at radius 1 is 1.21 bits per heavy atom. The van der Waals surface area contributed by atoms with Crippen molar-refractivity contribution in [3.05, 3.63) is 24.2 Å². The molecule has 1 saturated heterocycles. The average molecular weight is 337 g/mol. The van der Waals surface area contributed by atoms with Gasteiger partial charge in [-0.1, -0.05) is 0 Å². The maximum absolute atomic E-state index is 12.2. The van der Waals surface area contributed by atoms with Gasteiger partial charge in [0.05, 0.1) is 32.4 Å². The SMILES string of the molecule is CC(C)NC(=O)NC(=O)[C@H](C)[NH+]1CCN(C(=O)c2ccco2)CC1. The minimum atomic E-state index is -0.479. The first kappa shape index (κ1) is 18.0. The number of urea groups is 1. The predicted molar refractivity (Wildman–Crippen MR) is 86.6 cm³/mol. The van der Waals surface area contributed by atoms with Crippen LogP contribution in [0.2, 0.25) is 0 Å². The average Bonchev–Trinajstić information content (AvgIpc) is 3.07. The van der Waals surface area contributed by atoms with E-state index in [-0.39, 0.29) is 23.9 Å². The van der Waals surface area contributed by atoms with Gasteiger partial charge in [0.25, 0.3) is 11.8 Å². The molecule has 0 bridgehead atoms. The van der Waals surface area contributed by atoms with Crippen molar-refractivity contribution in [1.29, 1.82) is 0 Å². The van der Waals surface area contributed by atoms with Crippen LogP contribution >= 0.6 is 0 Å². The molecule has 0 unspecified atom stereocenters. The van der Waals surface area contributed by atoms with Crippen LogP contribution in [0.1, 0.15) is 31.3 Å². The lowest BCUT2D eigenvalue weighted by molar-refractivity contribution is -0.917. The molecule has 1 aromatic rings. The van der Waals surface area contributed by atoms with E-state index in [9.17, 15) is 14.4 Å². The maximum atomic E-state index is 12.2. The van der Waals surface area contributed by atoms with E-state index < -0.39 is 6.03 Å².